The lowest BCUT2D eigenvalue weighted by Crippen LogP contribution is -2.46. The van der Waals surface area contributed by atoms with E-state index in [-0.39, 0.29) is 18.5 Å². The Labute approximate surface area is 196 Å². The summed E-state index contributed by atoms with van der Waals surface area (Å²) in [5.41, 5.74) is 2.46. The molecular weight excluding hydrogens is 426 g/mol. The molecule has 0 N–H and O–H groups in total. The summed E-state index contributed by atoms with van der Waals surface area (Å²) in [6.45, 7) is 5.01. The van der Waals surface area contributed by atoms with Crippen molar-refractivity contribution in [2.24, 2.45) is 17.8 Å². The van der Waals surface area contributed by atoms with Gasteiger partial charge in [-0.25, -0.2) is 0 Å². The van der Waals surface area contributed by atoms with Crippen molar-refractivity contribution in [2.45, 2.75) is 76.8 Å². The van der Waals surface area contributed by atoms with Crippen LogP contribution in [0.2, 0.25) is 0 Å². The van der Waals surface area contributed by atoms with Crippen molar-refractivity contribution in [3.05, 3.63) is 47.5 Å². The van der Waals surface area contributed by atoms with Gasteiger partial charge in [0, 0.05) is 11.8 Å². The smallest absolute Gasteiger partial charge is 0.266 e. The van der Waals surface area contributed by atoms with Gasteiger partial charge in [0.1, 0.15) is 0 Å². The number of hydrogen-bond donors (Lipinski definition) is 0. The minimum Gasteiger partial charge on any atom is -0.352 e. The Hall–Kier alpha value is -1.34. The molecule has 184 valence electrons. The van der Waals surface area contributed by atoms with Crippen LogP contribution in [0.25, 0.3) is 0 Å². The van der Waals surface area contributed by atoms with Crippen molar-refractivity contribution in [3.8, 4) is 0 Å². The lowest BCUT2D eigenvalue weighted by molar-refractivity contribution is -0.291. The maximum absolute atomic E-state index is 12.2. The molecule has 1 aliphatic carbocycles. The zero-order chi connectivity index (χ0) is 23.0. The standard InChI is InChI=1S/C27H38F2O4/c1-2-4-20-15-30-27(31-16-20)24-17-32-26(33-18-24)23-13-11-22(12-14-23)21-9-7-19(8-10-21)5-3-6-25(28)29/h6-10,20,22-24,26-27H,2-5,11-18H2,1H3. The van der Waals surface area contributed by atoms with E-state index in [0.29, 0.717) is 43.8 Å². The van der Waals surface area contributed by atoms with E-state index in [1.807, 2.05) is 0 Å². The Bertz CT molecular complexity index is 725. The third-order valence-corrected chi connectivity index (χ3v) is 7.36. The van der Waals surface area contributed by atoms with Crippen LogP contribution < -0.4 is 0 Å². The van der Waals surface area contributed by atoms with Crippen molar-refractivity contribution in [1.82, 2.24) is 0 Å². The molecule has 33 heavy (non-hydrogen) atoms. The Morgan fingerprint density at radius 2 is 1.45 bits per heavy atom. The maximum Gasteiger partial charge on any atom is 0.266 e. The van der Waals surface area contributed by atoms with Gasteiger partial charge in [0.15, 0.2) is 12.6 Å². The van der Waals surface area contributed by atoms with E-state index in [1.54, 1.807) is 0 Å². The average Bonchev–Trinajstić information content (AvgIpc) is 2.85. The third-order valence-electron chi connectivity index (χ3n) is 7.36. The molecule has 3 aliphatic rings. The summed E-state index contributed by atoms with van der Waals surface area (Å²) in [6.07, 6.45) is 6.86. The number of aryl methyl sites for hydroxylation is 1. The minimum atomic E-state index is -1.60. The van der Waals surface area contributed by atoms with Crippen molar-refractivity contribution in [2.75, 3.05) is 26.4 Å². The molecule has 1 saturated carbocycles. The molecule has 0 amide bonds. The Morgan fingerprint density at radius 3 is 2.06 bits per heavy atom. The fourth-order valence-corrected chi connectivity index (χ4v) is 5.40. The molecule has 4 rings (SSSR count). The van der Waals surface area contributed by atoms with Gasteiger partial charge in [0.05, 0.1) is 32.3 Å². The van der Waals surface area contributed by atoms with E-state index in [2.05, 4.69) is 31.2 Å². The average molecular weight is 465 g/mol. The van der Waals surface area contributed by atoms with Gasteiger partial charge in [0.2, 0.25) is 0 Å². The van der Waals surface area contributed by atoms with Crippen LogP contribution in [0.15, 0.2) is 36.4 Å². The predicted octanol–water partition coefficient (Wildman–Crippen LogP) is 6.45. The van der Waals surface area contributed by atoms with Crippen molar-refractivity contribution < 1.29 is 27.7 Å². The van der Waals surface area contributed by atoms with Gasteiger partial charge < -0.3 is 18.9 Å². The predicted molar refractivity (Wildman–Crippen MR) is 123 cm³/mol. The van der Waals surface area contributed by atoms with Crippen LogP contribution in [0.4, 0.5) is 8.78 Å². The SMILES string of the molecule is CCCC1COC(C2COC(C3CCC(c4ccc(CCC=C(F)F)cc4)CC3)OC2)OC1. The summed E-state index contributed by atoms with van der Waals surface area (Å²) >= 11 is 0. The topological polar surface area (TPSA) is 36.9 Å². The van der Waals surface area contributed by atoms with Gasteiger partial charge in [-0.3, -0.25) is 0 Å². The van der Waals surface area contributed by atoms with Gasteiger partial charge in [-0.15, -0.1) is 0 Å². The van der Waals surface area contributed by atoms with Crippen LogP contribution in [-0.4, -0.2) is 39.0 Å². The summed E-state index contributed by atoms with van der Waals surface area (Å²) < 4.78 is 48.5. The summed E-state index contributed by atoms with van der Waals surface area (Å²) in [7, 11) is 0. The minimum absolute atomic E-state index is 0.120. The lowest BCUT2D eigenvalue weighted by atomic mass is 9.78. The largest absolute Gasteiger partial charge is 0.352 e. The van der Waals surface area contributed by atoms with Crippen LogP contribution in [0.3, 0.4) is 0 Å². The summed E-state index contributed by atoms with van der Waals surface area (Å²) in [5.74, 6) is 1.65. The second-order valence-corrected chi connectivity index (χ2v) is 9.87. The number of halogens is 2. The molecular formula is C27H38F2O4. The van der Waals surface area contributed by atoms with E-state index in [0.717, 1.165) is 63.4 Å². The zero-order valence-corrected chi connectivity index (χ0v) is 19.7. The van der Waals surface area contributed by atoms with Crippen molar-refractivity contribution >= 4 is 0 Å². The molecule has 0 atom stereocenters. The molecule has 1 aromatic carbocycles. The molecule has 2 heterocycles. The monoisotopic (exact) mass is 464 g/mol. The third kappa shape index (κ3) is 7.08. The highest BCUT2D eigenvalue weighted by Gasteiger charge is 2.37. The first kappa shape index (κ1) is 24.8. The van der Waals surface area contributed by atoms with Gasteiger partial charge in [-0.2, -0.15) is 8.78 Å². The maximum atomic E-state index is 12.2. The van der Waals surface area contributed by atoms with Gasteiger partial charge in [-0.05, 0) is 68.1 Å². The molecule has 6 heteroatoms. The molecule has 0 aromatic heterocycles. The Kier molecular flexibility index (Phi) is 9.30. The number of benzene rings is 1. The van der Waals surface area contributed by atoms with Crippen LogP contribution in [0.1, 0.15) is 68.9 Å². The second-order valence-electron chi connectivity index (χ2n) is 9.87. The normalized spacial score (nSPS) is 32.9. The highest BCUT2D eigenvalue weighted by molar-refractivity contribution is 5.26. The summed E-state index contributed by atoms with van der Waals surface area (Å²) in [6, 6.07) is 8.50. The van der Waals surface area contributed by atoms with Gasteiger partial charge in [-0.1, -0.05) is 37.6 Å². The van der Waals surface area contributed by atoms with Crippen molar-refractivity contribution in [3.63, 3.8) is 0 Å². The number of rotatable bonds is 8. The summed E-state index contributed by atoms with van der Waals surface area (Å²) in [5, 5.41) is 0. The number of allylic oxidation sites excluding steroid dienone is 1. The molecule has 1 aromatic rings. The van der Waals surface area contributed by atoms with Crippen LogP contribution >= 0.6 is 0 Å². The number of hydrogen-bond acceptors (Lipinski definition) is 4. The molecule has 2 saturated heterocycles. The van der Waals surface area contributed by atoms with E-state index < -0.39 is 6.08 Å². The zero-order valence-electron chi connectivity index (χ0n) is 19.7. The first-order valence-corrected chi connectivity index (χ1v) is 12.7. The quantitative estimate of drug-likeness (QED) is 0.443. The highest BCUT2D eigenvalue weighted by atomic mass is 19.3. The van der Waals surface area contributed by atoms with Crippen LogP contribution in [0, 0.1) is 17.8 Å². The van der Waals surface area contributed by atoms with Gasteiger partial charge >= 0.3 is 0 Å². The number of ether oxygens (including phenoxy) is 4. The molecule has 0 spiro atoms. The Morgan fingerprint density at radius 1 is 0.848 bits per heavy atom. The van der Waals surface area contributed by atoms with Crippen molar-refractivity contribution in [1.29, 1.82) is 0 Å². The van der Waals surface area contributed by atoms with E-state index in [4.69, 9.17) is 18.9 Å². The van der Waals surface area contributed by atoms with E-state index in [1.165, 1.54) is 5.56 Å². The molecule has 0 bridgehead atoms. The van der Waals surface area contributed by atoms with Crippen LogP contribution in [-0.2, 0) is 25.4 Å². The molecule has 0 unspecified atom stereocenters. The Balaban J connectivity index is 1.17. The highest BCUT2D eigenvalue weighted by Crippen LogP contribution is 2.39. The van der Waals surface area contributed by atoms with Crippen LogP contribution in [0.5, 0.6) is 0 Å². The molecule has 4 nitrogen and oxygen atoms in total. The fraction of sp³-hybridized carbons (Fsp3) is 0.704. The van der Waals surface area contributed by atoms with E-state index in [9.17, 15) is 8.78 Å². The van der Waals surface area contributed by atoms with Gasteiger partial charge in [0.25, 0.3) is 6.08 Å². The lowest BCUT2D eigenvalue weighted by Gasteiger charge is -2.40. The molecule has 0 radical (unpaired) electrons. The summed E-state index contributed by atoms with van der Waals surface area (Å²) in [4.78, 5) is 0. The fourth-order valence-electron chi connectivity index (χ4n) is 5.40. The van der Waals surface area contributed by atoms with E-state index >= 15 is 0 Å². The first-order chi connectivity index (χ1) is 16.1. The first-order valence-electron chi connectivity index (χ1n) is 12.7. The molecule has 2 aliphatic heterocycles. The molecule has 3 fully saturated rings. The second kappa shape index (κ2) is 12.4.